The van der Waals surface area contributed by atoms with Gasteiger partial charge in [0.25, 0.3) is 5.91 Å². The summed E-state index contributed by atoms with van der Waals surface area (Å²) in [6, 6.07) is 11.8. The minimum Gasteiger partial charge on any atom is -0.456 e. The van der Waals surface area contributed by atoms with Gasteiger partial charge in [0.1, 0.15) is 23.1 Å². The predicted molar refractivity (Wildman–Crippen MR) is 167 cm³/mol. The second kappa shape index (κ2) is 14.3. The van der Waals surface area contributed by atoms with E-state index >= 15 is 0 Å². The summed E-state index contributed by atoms with van der Waals surface area (Å²) in [4.78, 5) is 43.5. The van der Waals surface area contributed by atoms with Crippen molar-refractivity contribution >= 4 is 29.3 Å². The zero-order valence-corrected chi connectivity index (χ0v) is 26.3. The second-order valence-corrected chi connectivity index (χ2v) is 12.4. The highest BCUT2D eigenvalue weighted by molar-refractivity contribution is 6.32. The Hall–Kier alpha value is -3.18. The number of likely N-dealkylation sites (tertiary alicyclic amines) is 1. The van der Waals surface area contributed by atoms with E-state index in [9.17, 15) is 19.5 Å². The molecule has 2 aromatic carbocycles. The normalized spacial score (nSPS) is 21.6. The number of amides is 3. The number of nitrogens with one attached hydrogen (secondary N) is 2. The van der Waals surface area contributed by atoms with Crippen LogP contribution >= 0.6 is 11.6 Å². The fourth-order valence-electron chi connectivity index (χ4n) is 6.54. The van der Waals surface area contributed by atoms with Gasteiger partial charge in [0.15, 0.2) is 0 Å². The van der Waals surface area contributed by atoms with Crippen LogP contribution in [0.15, 0.2) is 42.5 Å². The number of hydrogen-bond acceptors (Lipinski definition) is 7. The molecule has 238 valence electrons. The number of aliphatic hydroxyl groups excluding tert-OH is 1. The van der Waals surface area contributed by atoms with E-state index in [2.05, 4.69) is 22.5 Å². The van der Waals surface area contributed by atoms with Gasteiger partial charge in [-0.1, -0.05) is 37.1 Å². The number of piperazine rings is 1. The van der Waals surface area contributed by atoms with Gasteiger partial charge in [-0.05, 0) is 73.9 Å². The van der Waals surface area contributed by atoms with Crippen LogP contribution in [0.25, 0.3) is 0 Å². The van der Waals surface area contributed by atoms with Crippen LogP contribution in [-0.2, 0) is 20.9 Å². The summed E-state index contributed by atoms with van der Waals surface area (Å²) < 4.78 is 11.4. The van der Waals surface area contributed by atoms with Crippen LogP contribution in [0.2, 0.25) is 5.02 Å². The fraction of sp³-hybridized carbons (Fsp3) is 0.545. The molecule has 3 amide bonds. The standard InChI is InChI=1S/C33H43ClN4O6/c1-3-4-15-38-31(41)28(29(39)23-11-18-43-19-12-23)36-32(42)33(38)13-16-37(17-14-33)21-22-5-8-25(9-6-22)44-27-10-7-24(20-26(27)34)30(40)35-2/h5-10,20,23,28-29,39H,3-4,11-19,21H2,1-2H3,(H,35,40)(H,36,42)/t28-,29-/m1/s1. The van der Waals surface area contributed by atoms with Gasteiger partial charge >= 0.3 is 0 Å². The summed E-state index contributed by atoms with van der Waals surface area (Å²) in [5.74, 6) is 0.498. The number of benzene rings is 2. The van der Waals surface area contributed by atoms with Crippen LogP contribution in [0.3, 0.4) is 0 Å². The largest absolute Gasteiger partial charge is 0.456 e. The molecular weight excluding hydrogens is 584 g/mol. The van der Waals surface area contributed by atoms with Crippen molar-refractivity contribution in [3.05, 3.63) is 58.6 Å². The molecule has 10 nitrogen and oxygen atoms in total. The van der Waals surface area contributed by atoms with Crippen LogP contribution in [0.1, 0.15) is 61.4 Å². The van der Waals surface area contributed by atoms with Crippen LogP contribution in [0.5, 0.6) is 11.5 Å². The molecule has 0 bridgehead atoms. The smallest absolute Gasteiger partial charge is 0.251 e. The maximum absolute atomic E-state index is 13.8. The lowest BCUT2D eigenvalue weighted by Gasteiger charge is -2.52. The van der Waals surface area contributed by atoms with Crippen molar-refractivity contribution in [1.82, 2.24) is 20.4 Å². The number of carbonyl (C=O) groups is 3. The van der Waals surface area contributed by atoms with E-state index in [1.807, 2.05) is 24.3 Å². The number of carbonyl (C=O) groups excluding carboxylic acids is 3. The van der Waals surface area contributed by atoms with Gasteiger partial charge in [-0.3, -0.25) is 19.3 Å². The van der Waals surface area contributed by atoms with E-state index in [0.29, 0.717) is 87.2 Å². The fourth-order valence-corrected chi connectivity index (χ4v) is 6.75. The minimum absolute atomic E-state index is 0.0646. The van der Waals surface area contributed by atoms with Gasteiger partial charge < -0.3 is 30.1 Å². The Kier molecular flexibility index (Phi) is 10.5. The lowest BCUT2D eigenvalue weighted by atomic mass is 9.79. The average molecular weight is 627 g/mol. The van der Waals surface area contributed by atoms with Crippen LogP contribution in [0, 0.1) is 5.92 Å². The summed E-state index contributed by atoms with van der Waals surface area (Å²) in [5, 5.41) is 17.0. The monoisotopic (exact) mass is 626 g/mol. The van der Waals surface area contributed by atoms with Crippen molar-refractivity contribution < 1.29 is 29.0 Å². The summed E-state index contributed by atoms with van der Waals surface area (Å²) in [5.41, 5.74) is 0.666. The number of aliphatic hydroxyl groups is 1. The molecular formula is C33H43ClN4O6. The SMILES string of the molecule is CCCCN1C(=O)[C@@H]([C@H](O)C2CCOCC2)NC(=O)C12CCN(Cc1ccc(Oc3ccc(C(=O)NC)cc3Cl)cc1)CC2. The minimum atomic E-state index is -0.915. The molecule has 5 rings (SSSR count). The van der Waals surface area contributed by atoms with Gasteiger partial charge in [0.2, 0.25) is 11.8 Å². The number of nitrogens with zero attached hydrogens (tertiary/aromatic N) is 2. The maximum atomic E-state index is 13.8. The highest BCUT2D eigenvalue weighted by atomic mass is 35.5. The van der Waals surface area contributed by atoms with Crippen molar-refractivity contribution in [2.45, 2.75) is 69.7 Å². The quantitative estimate of drug-likeness (QED) is 0.367. The molecule has 11 heteroatoms. The first-order valence-electron chi connectivity index (χ1n) is 15.6. The molecule has 0 aliphatic carbocycles. The molecule has 44 heavy (non-hydrogen) atoms. The van der Waals surface area contributed by atoms with E-state index in [-0.39, 0.29) is 23.6 Å². The first-order chi connectivity index (χ1) is 21.3. The van der Waals surface area contributed by atoms with Gasteiger partial charge in [0.05, 0.1) is 11.1 Å². The Morgan fingerprint density at radius 1 is 1.16 bits per heavy atom. The molecule has 0 radical (unpaired) electrons. The van der Waals surface area contributed by atoms with E-state index in [1.165, 1.54) is 0 Å². The first-order valence-corrected chi connectivity index (χ1v) is 16.0. The highest BCUT2D eigenvalue weighted by Crippen LogP contribution is 2.36. The van der Waals surface area contributed by atoms with E-state index in [1.54, 1.807) is 30.1 Å². The summed E-state index contributed by atoms with van der Waals surface area (Å²) in [6.07, 6.45) is 3.25. The Bertz CT molecular complexity index is 1320. The molecule has 3 aliphatic heterocycles. The Morgan fingerprint density at radius 3 is 2.50 bits per heavy atom. The third-order valence-electron chi connectivity index (χ3n) is 9.25. The summed E-state index contributed by atoms with van der Waals surface area (Å²) in [6.45, 7) is 5.76. The number of unbranched alkanes of at least 4 members (excludes halogenated alkanes) is 1. The van der Waals surface area contributed by atoms with Gasteiger partial charge in [0, 0.05) is 52.0 Å². The van der Waals surface area contributed by atoms with Crippen LogP contribution in [-0.4, -0.2) is 90.2 Å². The zero-order chi connectivity index (χ0) is 31.3. The van der Waals surface area contributed by atoms with Crippen LogP contribution < -0.4 is 15.4 Å². The van der Waals surface area contributed by atoms with Gasteiger partial charge in [-0.2, -0.15) is 0 Å². The summed E-state index contributed by atoms with van der Waals surface area (Å²) in [7, 11) is 1.57. The van der Waals surface area contributed by atoms with Crippen LogP contribution in [0.4, 0.5) is 0 Å². The third-order valence-corrected chi connectivity index (χ3v) is 9.54. The van der Waals surface area contributed by atoms with Crippen molar-refractivity contribution in [2.75, 3.05) is 39.9 Å². The molecule has 2 atom stereocenters. The molecule has 0 aromatic heterocycles. The number of piperidine rings is 1. The molecule has 1 spiro atoms. The number of ether oxygens (including phenoxy) is 2. The molecule has 0 unspecified atom stereocenters. The van der Waals surface area contributed by atoms with E-state index in [0.717, 1.165) is 18.4 Å². The highest BCUT2D eigenvalue weighted by Gasteiger charge is 2.55. The van der Waals surface area contributed by atoms with E-state index in [4.69, 9.17) is 21.1 Å². The lowest BCUT2D eigenvalue weighted by molar-refractivity contribution is -0.166. The average Bonchev–Trinajstić information content (AvgIpc) is 3.05. The van der Waals surface area contributed by atoms with Crippen molar-refractivity contribution in [1.29, 1.82) is 0 Å². The Balaban J connectivity index is 1.20. The van der Waals surface area contributed by atoms with Gasteiger partial charge in [-0.15, -0.1) is 0 Å². The molecule has 2 aromatic rings. The molecule has 3 aliphatic rings. The van der Waals surface area contributed by atoms with Crippen molar-refractivity contribution in [2.24, 2.45) is 5.92 Å². The predicted octanol–water partition coefficient (Wildman–Crippen LogP) is 3.74. The number of rotatable bonds is 10. The second-order valence-electron chi connectivity index (χ2n) is 12.0. The van der Waals surface area contributed by atoms with Gasteiger partial charge in [-0.25, -0.2) is 0 Å². The molecule has 3 fully saturated rings. The summed E-state index contributed by atoms with van der Waals surface area (Å²) >= 11 is 6.34. The lowest BCUT2D eigenvalue weighted by Crippen LogP contribution is -2.75. The maximum Gasteiger partial charge on any atom is 0.251 e. The van der Waals surface area contributed by atoms with Crippen molar-refractivity contribution in [3.8, 4) is 11.5 Å². The topological polar surface area (TPSA) is 120 Å². The molecule has 3 heterocycles. The zero-order valence-electron chi connectivity index (χ0n) is 25.5. The Morgan fingerprint density at radius 2 is 1.86 bits per heavy atom. The first kappa shape index (κ1) is 32.2. The van der Waals surface area contributed by atoms with E-state index < -0.39 is 17.7 Å². The molecule has 3 saturated heterocycles. The third kappa shape index (κ3) is 6.88. The Labute approximate surface area is 264 Å². The van der Waals surface area contributed by atoms with Crippen molar-refractivity contribution in [3.63, 3.8) is 0 Å². The number of hydrogen-bond donors (Lipinski definition) is 3. The molecule has 0 saturated carbocycles. The molecule has 3 N–H and O–H groups in total. The number of halogens is 1.